The van der Waals surface area contributed by atoms with Crippen LogP contribution in [0.15, 0.2) is 60.7 Å². The molecule has 2 rings (SSSR count). The van der Waals surface area contributed by atoms with Gasteiger partial charge in [0.1, 0.15) is 12.7 Å². The molecule has 1 unspecified atom stereocenters. The fourth-order valence-electron chi connectivity index (χ4n) is 2.76. The zero-order chi connectivity index (χ0) is 19.3. The third-order valence-electron chi connectivity index (χ3n) is 4.19. The van der Waals surface area contributed by atoms with E-state index in [2.05, 4.69) is 0 Å². The Morgan fingerprint density at radius 2 is 1.26 bits per heavy atom. The highest BCUT2D eigenvalue weighted by Gasteiger charge is 2.12. The quantitative estimate of drug-likeness (QED) is 0.548. The Morgan fingerprint density at radius 3 is 1.78 bits per heavy atom. The smallest absolute Gasteiger partial charge is 0.306 e. The molecule has 0 spiro atoms. The topological polar surface area (TPSA) is 52.6 Å². The van der Waals surface area contributed by atoms with Crippen LogP contribution in [-0.4, -0.2) is 24.6 Å². The minimum atomic E-state index is -0.424. The van der Waals surface area contributed by atoms with Gasteiger partial charge in [0, 0.05) is 12.8 Å². The molecule has 4 heteroatoms. The summed E-state index contributed by atoms with van der Waals surface area (Å²) in [7, 11) is 0. The van der Waals surface area contributed by atoms with Crippen LogP contribution in [0.2, 0.25) is 0 Å². The predicted molar refractivity (Wildman–Crippen MR) is 105 cm³/mol. The van der Waals surface area contributed by atoms with Gasteiger partial charge in [-0.25, -0.2) is 0 Å². The molecule has 2 aromatic carbocycles. The maximum atomic E-state index is 11.9. The van der Waals surface area contributed by atoms with E-state index in [1.165, 1.54) is 11.1 Å². The molecule has 27 heavy (non-hydrogen) atoms. The molecule has 0 aliphatic rings. The second kappa shape index (κ2) is 11.9. The second-order valence-electron chi connectivity index (χ2n) is 6.66. The molecule has 0 N–H and O–H groups in total. The van der Waals surface area contributed by atoms with E-state index in [-0.39, 0.29) is 18.5 Å². The van der Waals surface area contributed by atoms with Gasteiger partial charge in [-0.05, 0) is 43.7 Å². The minimum Gasteiger partial charge on any atom is -0.462 e. The first kappa shape index (κ1) is 20.7. The van der Waals surface area contributed by atoms with E-state index in [0.29, 0.717) is 12.8 Å². The maximum absolute atomic E-state index is 11.9. The molecule has 0 fully saturated rings. The highest BCUT2D eigenvalue weighted by molar-refractivity contribution is 5.70. The molecule has 4 nitrogen and oxygen atoms in total. The molecule has 0 radical (unpaired) electrons. The molecular formula is C23H28O4. The summed E-state index contributed by atoms with van der Waals surface area (Å²) in [5.74, 6) is -0.503. The average Bonchev–Trinajstić information content (AvgIpc) is 2.68. The van der Waals surface area contributed by atoms with E-state index < -0.39 is 6.10 Å². The Hall–Kier alpha value is -2.62. The Bertz CT molecular complexity index is 682. The summed E-state index contributed by atoms with van der Waals surface area (Å²) in [6.45, 7) is 1.85. The van der Waals surface area contributed by atoms with Gasteiger partial charge in [0.05, 0.1) is 0 Å². The standard InChI is InChI=1S/C23H28O4/c1-19(27-23(25)17-9-15-21-12-6-3-7-13-21)18-26-22(24)16-8-14-20-10-4-2-5-11-20/h2-7,10-13,19H,8-9,14-18H2,1H3. The van der Waals surface area contributed by atoms with Crippen molar-refractivity contribution in [2.45, 2.75) is 51.6 Å². The van der Waals surface area contributed by atoms with Crippen LogP contribution < -0.4 is 0 Å². The number of ether oxygens (including phenoxy) is 2. The van der Waals surface area contributed by atoms with Crippen molar-refractivity contribution in [1.29, 1.82) is 0 Å². The molecule has 2 aromatic rings. The lowest BCUT2D eigenvalue weighted by Crippen LogP contribution is -2.22. The monoisotopic (exact) mass is 368 g/mol. The van der Waals surface area contributed by atoms with E-state index in [1.807, 2.05) is 60.7 Å². The number of benzene rings is 2. The molecule has 0 amide bonds. The van der Waals surface area contributed by atoms with E-state index in [4.69, 9.17) is 9.47 Å². The first-order chi connectivity index (χ1) is 13.1. The van der Waals surface area contributed by atoms with Gasteiger partial charge in [-0.2, -0.15) is 0 Å². The zero-order valence-corrected chi connectivity index (χ0v) is 15.9. The molecule has 0 saturated heterocycles. The third kappa shape index (κ3) is 9.04. The molecule has 0 aliphatic carbocycles. The summed E-state index contributed by atoms with van der Waals surface area (Å²) in [4.78, 5) is 23.6. The first-order valence-electron chi connectivity index (χ1n) is 9.56. The molecule has 0 saturated carbocycles. The highest BCUT2D eigenvalue weighted by Crippen LogP contribution is 2.08. The Kier molecular flexibility index (Phi) is 9.11. The van der Waals surface area contributed by atoms with Gasteiger partial charge in [0.2, 0.25) is 0 Å². The van der Waals surface area contributed by atoms with Gasteiger partial charge in [-0.1, -0.05) is 60.7 Å². The number of carbonyl (C=O) groups excluding carboxylic acids is 2. The van der Waals surface area contributed by atoms with Crippen LogP contribution in [0, 0.1) is 0 Å². The van der Waals surface area contributed by atoms with Crippen LogP contribution in [0.25, 0.3) is 0 Å². The fourth-order valence-corrected chi connectivity index (χ4v) is 2.76. The maximum Gasteiger partial charge on any atom is 0.306 e. The summed E-state index contributed by atoms with van der Waals surface area (Å²) < 4.78 is 10.5. The lowest BCUT2D eigenvalue weighted by Gasteiger charge is -2.13. The van der Waals surface area contributed by atoms with Crippen molar-refractivity contribution in [3.05, 3.63) is 71.8 Å². The van der Waals surface area contributed by atoms with Crippen molar-refractivity contribution in [3.8, 4) is 0 Å². The number of aryl methyl sites for hydroxylation is 2. The van der Waals surface area contributed by atoms with E-state index in [9.17, 15) is 9.59 Å². The largest absolute Gasteiger partial charge is 0.462 e. The van der Waals surface area contributed by atoms with Crippen LogP contribution in [-0.2, 0) is 31.9 Å². The van der Waals surface area contributed by atoms with Gasteiger partial charge in [0.25, 0.3) is 0 Å². The summed E-state index contributed by atoms with van der Waals surface area (Å²) in [6.07, 6.45) is 3.50. The van der Waals surface area contributed by atoms with Crippen LogP contribution in [0.4, 0.5) is 0 Å². The summed E-state index contributed by atoms with van der Waals surface area (Å²) >= 11 is 0. The summed E-state index contributed by atoms with van der Waals surface area (Å²) in [5.41, 5.74) is 2.42. The third-order valence-corrected chi connectivity index (χ3v) is 4.19. The van der Waals surface area contributed by atoms with Crippen LogP contribution in [0.1, 0.15) is 43.7 Å². The van der Waals surface area contributed by atoms with Gasteiger partial charge in [-0.15, -0.1) is 0 Å². The Balaban J connectivity index is 1.53. The van der Waals surface area contributed by atoms with Gasteiger partial charge < -0.3 is 9.47 Å². The lowest BCUT2D eigenvalue weighted by molar-refractivity contribution is -0.158. The second-order valence-corrected chi connectivity index (χ2v) is 6.66. The molecular weight excluding hydrogens is 340 g/mol. The number of carbonyl (C=O) groups is 2. The van der Waals surface area contributed by atoms with E-state index in [1.54, 1.807) is 6.92 Å². The number of esters is 2. The lowest BCUT2D eigenvalue weighted by atomic mass is 10.1. The molecule has 0 aromatic heterocycles. The summed E-state index contributed by atoms with van der Waals surface area (Å²) in [5, 5.41) is 0. The molecule has 144 valence electrons. The average molecular weight is 368 g/mol. The first-order valence-corrected chi connectivity index (χ1v) is 9.56. The van der Waals surface area contributed by atoms with Crippen molar-refractivity contribution in [2.24, 2.45) is 0 Å². The van der Waals surface area contributed by atoms with Crippen molar-refractivity contribution in [2.75, 3.05) is 6.61 Å². The number of rotatable bonds is 11. The molecule has 1 atom stereocenters. The number of hydrogen-bond acceptors (Lipinski definition) is 4. The van der Waals surface area contributed by atoms with Crippen molar-refractivity contribution in [3.63, 3.8) is 0 Å². The summed E-state index contributed by atoms with van der Waals surface area (Å²) in [6, 6.07) is 20.1. The SMILES string of the molecule is CC(COC(=O)CCCc1ccccc1)OC(=O)CCCc1ccccc1. The van der Waals surface area contributed by atoms with E-state index >= 15 is 0 Å². The zero-order valence-electron chi connectivity index (χ0n) is 15.9. The van der Waals surface area contributed by atoms with Crippen LogP contribution >= 0.6 is 0 Å². The molecule has 0 bridgehead atoms. The van der Waals surface area contributed by atoms with Crippen molar-refractivity contribution >= 4 is 11.9 Å². The van der Waals surface area contributed by atoms with Gasteiger partial charge in [-0.3, -0.25) is 9.59 Å². The normalized spacial score (nSPS) is 11.6. The van der Waals surface area contributed by atoms with Crippen LogP contribution in [0.3, 0.4) is 0 Å². The van der Waals surface area contributed by atoms with Gasteiger partial charge >= 0.3 is 11.9 Å². The van der Waals surface area contributed by atoms with E-state index in [0.717, 1.165) is 25.7 Å². The van der Waals surface area contributed by atoms with Crippen molar-refractivity contribution in [1.82, 2.24) is 0 Å². The number of hydrogen-bond donors (Lipinski definition) is 0. The highest BCUT2D eigenvalue weighted by atomic mass is 16.6. The predicted octanol–water partition coefficient (Wildman–Crippen LogP) is 4.51. The minimum absolute atomic E-state index is 0.106. The molecule has 0 aliphatic heterocycles. The van der Waals surface area contributed by atoms with Gasteiger partial charge in [0.15, 0.2) is 0 Å². The van der Waals surface area contributed by atoms with Crippen molar-refractivity contribution < 1.29 is 19.1 Å². The Morgan fingerprint density at radius 1 is 0.778 bits per heavy atom. The Labute approximate surface area is 161 Å². The van der Waals surface area contributed by atoms with Crippen LogP contribution in [0.5, 0.6) is 0 Å². The fraction of sp³-hybridized carbons (Fsp3) is 0.391. The molecule has 0 heterocycles.